The summed E-state index contributed by atoms with van der Waals surface area (Å²) in [5.74, 6) is 1.20. The van der Waals surface area contributed by atoms with Crippen molar-refractivity contribution in [3.8, 4) is 0 Å². The highest BCUT2D eigenvalue weighted by Gasteiger charge is 2.46. The molecule has 1 saturated heterocycles. The molecule has 3 aliphatic rings. The Morgan fingerprint density at radius 3 is 2.14 bits per heavy atom. The van der Waals surface area contributed by atoms with Crippen molar-refractivity contribution < 1.29 is 4.79 Å². The highest BCUT2D eigenvalue weighted by molar-refractivity contribution is 5.82. The Morgan fingerprint density at radius 1 is 1.10 bits per heavy atom. The van der Waals surface area contributed by atoms with Gasteiger partial charge in [0.15, 0.2) is 0 Å². The molecule has 0 atom stereocenters. The molecule has 120 valence electrons. The fourth-order valence-corrected chi connectivity index (χ4v) is 3.13. The van der Waals surface area contributed by atoms with Crippen LogP contribution >= 0.6 is 0 Å². The minimum absolute atomic E-state index is 0.0863. The normalized spacial score (nSPS) is 26.6. The largest absolute Gasteiger partial charge is 0.349 e. The highest BCUT2D eigenvalue weighted by atomic mass is 16.2. The number of rotatable bonds is 5. The summed E-state index contributed by atoms with van der Waals surface area (Å²) in [6.07, 6.45) is 5.19. The van der Waals surface area contributed by atoms with E-state index in [1.54, 1.807) is 0 Å². The zero-order chi connectivity index (χ0) is 15.1. The fourth-order valence-electron chi connectivity index (χ4n) is 3.13. The Labute approximate surface area is 129 Å². The van der Waals surface area contributed by atoms with Crippen LogP contribution in [0.4, 0.5) is 0 Å². The van der Waals surface area contributed by atoms with Crippen molar-refractivity contribution >= 4 is 5.91 Å². The summed E-state index contributed by atoms with van der Waals surface area (Å²) in [6, 6.07) is 0. The molecule has 0 spiro atoms. The predicted molar refractivity (Wildman–Crippen MR) is 85.2 cm³/mol. The highest BCUT2D eigenvalue weighted by Crippen LogP contribution is 2.37. The number of nitrogens with zero attached hydrogens (tertiary/aromatic N) is 2. The first kappa shape index (κ1) is 15.3. The number of hydrogen-bond donors (Lipinski definition) is 1. The number of nitrogens with one attached hydrogen (secondary N) is 1. The summed E-state index contributed by atoms with van der Waals surface area (Å²) in [5, 5.41) is 3.31. The Kier molecular flexibility index (Phi) is 4.04. The van der Waals surface area contributed by atoms with E-state index in [2.05, 4.69) is 15.1 Å². The molecule has 0 aromatic carbocycles. The smallest absolute Gasteiger partial charge is 0.225 e. The van der Waals surface area contributed by atoms with Crippen LogP contribution in [0.5, 0.6) is 0 Å². The lowest BCUT2D eigenvalue weighted by molar-refractivity contribution is -0.129. The average molecular weight is 293 g/mol. The van der Waals surface area contributed by atoms with Crippen LogP contribution in [-0.4, -0.2) is 60.5 Å². The maximum absolute atomic E-state index is 12.2. The molecule has 2 aliphatic carbocycles. The van der Waals surface area contributed by atoms with Crippen molar-refractivity contribution in [1.29, 1.82) is 0 Å². The van der Waals surface area contributed by atoms with Crippen LogP contribution in [0.1, 0.15) is 46.5 Å². The van der Waals surface area contributed by atoms with E-state index in [1.807, 2.05) is 20.8 Å². The monoisotopic (exact) mass is 293 g/mol. The van der Waals surface area contributed by atoms with E-state index >= 15 is 0 Å². The van der Waals surface area contributed by atoms with E-state index in [0.717, 1.165) is 25.3 Å². The topological polar surface area (TPSA) is 35.6 Å². The van der Waals surface area contributed by atoms with Crippen LogP contribution in [0.15, 0.2) is 0 Å². The lowest BCUT2D eigenvalue weighted by Crippen LogP contribution is -2.54. The van der Waals surface area contributed by atoms with Crippen molar-refractivity contribution in [1.82, 2.24) is 15.1 Å². The molecule has 1 N–H and O–H groups in total. The first-order valence-corrected chi connectivity index (χ1v) is 8.64. The van der Waals surface area contributed by atoms with Gasteiger partial charge in [-0.25, -0.2) is 0 Å². The molecular formula is C17H31N3O. The minimum Gasteiger partial charge on any atom is -0.349 e. The second-order valence-electron chi connectivity index (χ2n) is 8.50. The maximum atomic E-state index is 12.2. The third-order valence-corrected chi connectivity index (χ3v) is 5.12. The molecule has 3 rings (SSSR count). The van der Waals surface area contributed by atoms with Gasteiger partial charge in [-0.3, -0.25) is 9.69 Å². The third-order valence-electron chi connectivity index (χ3n) is 5.12. The predicted octanol–water partition coefficient (Wildman–Crippen LogP) is 1.71. The van der Waals surface area contributed by atoms with E-state index in [4.69, 9.17) is 0 Å². The summed E-state index contributed by atoms with van der Waals surface area (Å²) in [4.78, 5) is 17.4. The first-order valence-electron chi connectivity index (χ1n) is 8.64. The molecule has 1 amide bonds. The van der Waals surface area contributed by atoms with Crippen molar-refractivity contribution in [3.05, 3.63) is 0 Å². The summed E-state index contributed by atoms with van der Waals surface area (Å²) in [5.41, 5.74) is -0.193. The molecular weight excluding hydrogens is 262 g/mol. The van der Waals surface area contributed by atoms with Gasteiger partial charge in [-0.1, -0.05) is 20.8 Å². The van der Waals surface area contributed by atoms with Crippen LogP contribution in [-0.2, 0) is 4.79 Å². The Hall–Kier alpha value is -0.610. The molecule has 4 nitrogen and oxygen atoms in total. The lowest BCUT2D eigenvalue weighted by Gasteiger charge is -2.37. The van der Waals surface area contributed by atoms with Crippen LogP contribution in [0.3, 0.4) is 0 Å². The van der Waals surface area contributed by atoms with E-state index in [-0.39, 0.29) is 16.9 Å². The SMILES string of the molecule is CC(C)(C)C(=O)NC1(CN2CCN(CC3CC3)CC2)CC1. The average Bonchev–Trinajstić information content (AvgIpc) is 3.30. The molecule has 1 aliphatic heterocycles. The van der Waals surface area contributed by atoms with Gasteiger partial charge in [0.2, 0.25) is 5.91 Å². The van der Waals surface area contributed by atoms with Gasteiger partial charge in [0, 0.05) is 44.7 Å². The van der Waals surface area contributed by atoms with E-state index in [1.165, 1.54) is 45.6 Å². The van der Waals surface area contributed by atoms with Gasteiger partial charge in [0.05, 0.1) is 5.54 Å². The first-order chi connectivity index (χ1) is 9.86. The van der Waals surface area contributed by atoms with Crippen LogP contribution in [0, 0.1) is 11.3 Å². The molecule has 0 bridgehead atoms. The van der Waals surface area contributed by atoms with Gasteiger partial charge in [-0.15, -0.1) is 0 Å². The molecule has 0 aromatic heterocycles. The van der Waals surface area contributed by atoms with Gasteiger partial charge in [-0.2, -0.15) is 0 Å². The lowest BCUT2D eigenvalue weighted by atomic mass is 9.95. The maximum Gasteiger partial charge on any atom is 0.225 e. The summed E-state index contributed by atoms with van der Waals surface area (Å²) >= 11 is 0. The minimum atomic E-state index is -0.279. The van der Waals surface area contributed by atoms with Crippen LogP contribution < -0.4 is 5.32 Å². The third kappa shape index (κ3) is 4.19. The second kappa shape index (κ2) is 5.54. The Bertz CT molecular complexity index is 385. The van der Waals surface area contributed by atoms with Crippen LogP contribution in [0.2, 0.25) is 0 Å². The zero-order valence-electron chi connectivity index (χ0n) is 14.0. The van der Waals surface area contributed by atoms with Gasteiger partial charge >= 0.3 is 0 Å². The standard InChI is InChI=1S/C17H31N3O/c1-16(2,3)15(21)18-17(6-7-17)13-20-10-8-19(9-11-20)12-14-4-5-14/h14H,4-13H2,1-3H3,(H,18,21). The Morgan fingerprint density at radius 2 is 1.67 bits per heavy atom. The van der Waals surface area contributed by atoms with Crippen molar-refractivity contribution in [2.24, 2.45) is 11.3 Å². The number of carbonyl (C=O) groups is 1. The molecule has 0 radical (unpaired) electrons. The van der Waals surface area contributed by atoms with Gasteiger partial charge in [0.25, 0.3) is 0 Å². The van der Waals surface area contributed by atoms with Crippen molar-refractivity contribution in [2.45, 2.75) is 52.0 Å². The van der Waals surface area contributed by atoms with Crippen LogP contribution in [0.25, 0.3) is 0 Å². The van der Waals surface area contributed by atoms with Gasteiger partial charge in [-0.05, 0) is 31.6 Å². The summed E-state index contributed by atoms with van der Waals surface area (Å²) in [7, 11) is 0. The molecule has 4 heteroatoms. The summed E-state index contributed by atoms with van der Waals surface area (Å²) in [6.45, 7) is 13.1. The molecule has 21 heavy (non-hydrogen) atoms. The van der Waals surface area contributed by atoms with E-state index in [0.29, 0.717) is 0 Å². The number of amides is 1. The number of carbonyl (C=O) groups excluding carboxylic acids is 1. The molecule has 0 unspecified atom stereocenters. The molecule has 1 heterocycles. The second-order valence-corrected chi connectivity index (χ2v) is 8.50. The number of piperazine rings is 1. The molecule has 0 aromatic rings. The Balaban J connectivity index is 1.43. The van der Waals surface area contributed by atoms with Crippen molar-refractivity contribution in [3.63, 3.8) is 0 Å². The van der Waals surface area contributed by atoms with E-state index < -0.39 is 0 Å². The zero-order valence-corrected chi connectivity index (χ0v) is 14.0. The van der Waals surface area contributed by atoms with E-state index in [9.17, 15) is 4.79 Å². The molecule has 2 saturated carbocycles. The summed E-state index contributed by atoms with van der Waals surface area (Å²) < 4.78 is 0. The number of hydrogen-bond acceptors (Lipinski definition) is 3. The fraction of sp³-hybridized carbons (Fsp3) is 0.941. The van der Waals surface area contributed by atoms with Gasteiger partial charge in [0.1, 0.15) is 0 Å². The van der Waals surface area contributed by atoms with Gasteiger partial charge < -0.3 is 10.2 Å². The quantitative estimate of drug-likeness (QED) is 0.838. The molecule has 3 fully saturated rings. The van der Waals surface area contributed by atoms with Crippen molar-refractivity contribution in [2.75, 3.05) is 39.3 Å².